The smallest absolute Gasteiger partial charge is 0.335 e. The van der Waals surface area contributed by atoms with Gasteiger partial charge in [0.25, 0.3) is 0 Å². The number of amides is 1. The van der Waals surface area contributed by atoms with Gasteiger partial charge in [-0.25, -0.2) is 4.79 Å². The van der Waals surface area contributed by atoms with E-state index >= 15 is 0 Å². The fourth-order valence-corrected chi connectivity index (χ4v) is 1.55. The molecule has 1 amide bonds. The molecule has 18 heavy (non-hydrogen) atoms. The number of carbonyl (C=O) groups is 2. The summed E-state index contributed by atoms with van der Waals surface area (Å²) < 4.78 is 0. The van der Waals surface area contributed by atoms with E-state index in [2.05, 4.69) is 0 Å². The third-order valence-electron chi connectivity index (χ3n) is 3.27. The Kier molecular flexibility index (Phi) is 4.11. The van der Waals surface area contributed by atoms with E-state index in [-0.39, 0.29) is 11.5 Å². The molecule has 0 aromatic heterocycles. The third-order valence-corrected chi connectivity index (χ3v) is 3.27. The minimum absolute atomic E-state index is 0.0214. The SMILES string of the molecule is CCC(C)(C)C(=O)N(C)c1ccc(C(=O)O)cc1. The van der Waals surface area contributed by atoms with E-state index in [0.717, 1.165) is 6.42 Å². The van der Waals surface area contributed by atoms with E-state index in [4.69, 9.17) is 5.11 Å². The van der Waals surface area contributed by atoms with Crippen molar-refractivity contribution in [2.45, 2.75) is 27.2 Å². The van der Waals surface area contributed by atoms with Crippen molar-refractivity contribution in [2.75, 3.05) is 11.9 Å². The molecular formula is C14H19NO3. The maximum Gasteiger partial charge on any atom is 0.335 e. The van der Waals surface area contributed by atoms with Gasteiger partial charge < -0.3 is 10.0 Å². The van der Waals surface area contributed by atoms with E-state index in [0.29, 0.717) is 5.69 Å². The molecule has 0 bridgehead atoms. The van der Waals surface area contributed by atoms with E-state index in [9.17, 15) is 9.59 Å². The van der Waals surface area contributed by atoms with Gasteiger partial charge in [0, 0.05) is 18.2 Å². The summed E-state index contributed by atoms with van der Waals surface area (Å²) >= 11 is 0. The van der Waals surface area contributed by atoms with Gasteiger partial charge in [0.2, 0.25) is 5.91 Å². The van der Waals surface area contributed by atoms with Crippen LogP contribution >= 0.6 is 0 Å². The van der Waals surface area contributed by atoms with Crippen LogP contribution in [-0.4, -0.2) is 24.0 Å². The summed E-state index contributed by atoms with van der Waals surface area (Å²) in [4.78, 5) is 24.5. The number of carboxylic acids is 1. The number of rotatable bonds is 4. The quantitative estimate of drug-likeness (QED) is 0.892. The van der Waals surface area contributed by atoms with E-state index in [1.165, 1.54) is 12.1 Å². The van der Waals surface area contributed by atoms with Gasteiger partial charge in [-0.3, -0.25) is 4.79 Å². The summed E-state index contributed by atoms with van der Waals surface area (Å²) in [6, 6.07) is 6.29. The lowest BCUT2D eigenvalue weighted by atomic mass is 9.88. The summed E-state index contributed by atoms with van der Waals surface area (Å²) in [5.41, 5.74) is 0.501. The van der Waals surface area contributed by atoms with Crippen LogP contribution in [0.4, 0.5) is 5.69 Å². The summed E-state index contributed by atoms with van der Waals surface area (Å²) in [5, 5.41) is 8.81. The summed E-state index contributed by atoms with van der Waals surface area (Å²) in [6.45, 7) is 5.77. The van der Waals surface area contributed by atoms with Crippen LogP contribution in [0.5, 0.6) is 0 Å². The van der Waals surface area contributed by atoms with Crippen LogP contribution in [0.15, 0.2) is 24.3 Å². The van der Waals surface area contributed by atoms with Crippen molar-refractivity contribution in [3.05, 3.63) is 29.8 Å². The molecule has 4 nitrogen and oxygen atoms in total. The van der Waals surface area contributed by atoms with Crippen LogP contribution in [0.25, 0.3) is 0 Å². The molecule has 4 heteroatoms. The summed E-state index contributed by atoms with van der Waals surface area (Å²) in [5.74, 6) is -0.947. The zero-order chi connectivity index (χ0) is 13.9. The first-order chi connectivity index (χ1) is 8.29. The molecule has 0 aliphatic carbocycles. The number of aromatic carboxylic acids is 1. The van der Waals surface area contributed by atoms with Crippen molar-refractivity contribution >= 4 is 17.6 Å². The molecule has 1 N–H and O–H groups in total. The second kappa shape index (κ2) is 5.21. The molecule has 0 radical (unpaired) electrons. The number of carbonyl (C=O) groups excluding carboxylic acids is 1. The highest BCUT2D eigenvalue weighted by atomic mass is 16.4. The van der Waals surface area contributed by atoms with E-state index < -0.39 is 11.4 Å². The molecule has 0 aliphatic rings. The molecule has 0 unspecified atom stereocenters. The van der Waals surface area contributed by atoms with Crippen LogP contribution in [0.1, 0.15) is 37.6 Å². The molecule has 1 rings (SSSR count). The average molecular weight is 249 g/mol. The topological polar surface area (TPSA) is 57.6 Å². The van der Waals surface area contributed by atoms with E-state index in [1.54, 1.807) is 24.1 Å². The lowest BCUT2D eigenvalue weighted by Gasteiger charge is -2.28. The first-order valence-electron chi connectivity index (χ1n) is 5.91. The van der Waals surface area contributed by atoms with Crippen molar-refractivity contribution < 1.29 is 14.7 Å². The molecule has 0 fully saturated rings. The summed E-state index contributed by atoms with van der Waals surface area (Å²) in [6.07, 6.45) is 0.753. The van der Waals surface area contributed by atoms with Gasteiger partial charge in [0.1, 0.15) is 0 Å². The lowest BCUT2D eigenvalue weighted by Crippen LogP contribution is -2.38. The van der Waals surface area contributed by atoms with Crippen LogP contribution in [0, 0.1) is 5.41 Å². The van der Waals surface area contributed by atoms with Crippen molar-refractivity contribution in [3.63, 3.8) is 0 Å². The number of benzene rings is 1. The van der Waals surface area contributed by atoms with Gasteiger partial charge in [-0.05, 0) is 30.7 Å². The van der Waals surface area contributed by atoms with Crippen molar-refractivity contribution in [1.82, 2.24) is 0 Å². The molecule has 0 atom stereocenters. The Morgan fingerprint density at radius 2 is 1.72 bits per heavy atom. The molecule has 1 aromatic rings. The maximum absolute atomic E-state index is 12.2. The first kappa shape index (κ1) is 14.2. The zero-order valence-corrected chi connectivity index (χ0v) is 11.2. The second-order valence-electron chi connectivity index (χ2n) is 4.95. The van der Waals surface area contributed by atoms with Crippen LogP contribution in [0.2, 0.25) is 0 Å². The Labute approximate surface area is 107 Å². The van der Waals surface area contributed by atoms with Crippen molar-refractivity contribution in [1.29, 1.82) is 0 Å². The average Bonchev–Trinajstić information content (AvgIpc) is 2.37. The highest BCUT2D eigenvalue weighted by Gasteiger charge is 2.29. The molecule has 0 spiro atoms. The Hall–Kier alpha value is -1.84. The minimum atomic E-state index is -0.968. The Balaban J connectivity index is 2.94. The fourth-order valence-electron chi connectivity index (χ4n) is 1.55. The Morgan fingerprint density at radius 3 is 2.11 bits per heavy atom. The molecule has 0 aliphatic heterocycles. The highest BCUT2D eigenvalue weighted by molar-refractivity contribution is 5.97. The number of hydrogen-bond donors (Lipinski definition) is 1. The number of hydrogen-bond acceptors (Lipinski definition) is 2. The Morgan fingerprint density at radius 1 is 1.22 bits per heavy atom. The second-order valence-corrected chi connectivity index (χ2v) is 4.95. The number of anilines is 1. The largest absolute Gasteiger partial charge is 0.478 e. The predicted molar refractivity (Wildman–Crippen MR) is 70.9 cm³/mol. The van der Waals surface area contributed by atoms with Crippen molar-refractivity contribution in [3.8, 4) is 0 Å². The van der Waals surface area contributed by atoms with Crippen LogP contribution < -0.4 is 4.90 Å². The monoisotopic (exact) mass is 249 g/mol. The molecule has 1 aromatic carbocycles. The van der Waals surface area contributed by atoms with Crippen LogP contribution in [-0.2, 0) is 4.79 Å². The molecule has 98 valence electrons. The molecule has 0 heterocycles. The van der Waals surface area contributed by atoms with E-state index in [1.807, 2.05) is 20.8 Å². The Bertz CT molecular complexity index is 449. The predicted octanol–water partition coefficient (Wildman–Crippen LogP) is 2.78. The number of nitrogens with zero attached hydrogens (tertiary/aromatic N) is 1. The van der Waals surface area contributed by atoms with Gasteiger partial charge in [0.15, 0.2) is 0 Å². The summed E-state index contributed by atoms with van der Waals surface area (Å²) in [7, 11) is 1.70. The highest BCUT2D eigenvalue weighted by Crippen LogP contribution is 2.25. The standard InChI is InChI=1S/C14H19NO3/c1-5-14(2,3)13(18)15(4)11-8-6-10(7-9-11)12(16)17/h6-9H,5H2,1-4H3,(H,16,17). The molecule has 0 saturated heterocycles. The lowest BCUT2D eigenvalue weighted by molar-refractivity contribution is -0.126. The van der Waals surface area contributed by atoms with Gasteiger partial charge >= 0.3 is 5.97 Å². The normalized spacial score (nSPS) is 11.1. The third kappa shape index (κ3) is 2.88. The first-order valence-corrected chi connectivity index (χ1v) is 5.91. The van der Waals surface area contributed by atoms with Crippen LogP contribution in [0.3, 0.4) is 0 Å². The maximum atomic E-state index is 12.2. The zero-order valence-electron chi connectivity index (χ0n) is 11.2. The molecule has 0 saturated carbocycles. The van der Waals surface area contributed by atoms with Gasteiger partial charge in [-0.15, -0.1) is 0 Å². The molecular weight excluding hydrogens is 230 g/mol. The van der Waals surface area contributed by atoms with Gasteiger partial charge in [-0.1, -0.05) is 20.8 Å². The fraction of sp³-hybridized carbons (Fsp3) is 0.429. The van der Waals surface area contributed by atoms with Gasteiger partial charge in [-0.2, -0.15) is 0 Å². The number of carboxylic acid groups (broad SMARTS) is 1. The van der Waals surface area contributed by atoms with Gasteiger partial charge in [0.05, 0.1) is 5.56 Å². The van der Waals surface area contributed by atoms with Crippen molar-refractivity contribution in [2.24, 2.45) is 5.41 Å². The minimum Gasteiger partial charge on any atom is -0.478 e.